The molecule has 0 unspecified atom stereocenters. The molecule has 0 aliphatic carbocycles. The summed E-state index contributed by atoms with van der Waals surface area (Å²) in [6, 6.07) is 12.8. The lowest BCUT2D eigenvalue weighted by Crippen LogP contribution is -2.20. The fourth-order valence-corrected chi connectivity index (χ4v) is 2.49. The van der Waals surface area contributed by atoms with Crippen molar-refractivity contribution in [2.45, 2.75) is 12.9 Å². The van der Waals surface area contributed by atoms with Crippen LogP contribution >= 0.6 is 0 Å². The predicted octanol–water partition coefficient (Wildman–Crippen LogP) is 3.73. The Morgan fingerprint density at radius 1 is 1.19 bits per heavy atom. The van der Waals surface area contributed by atoms with Crippen molar-refractivity contribution in [1.82, 2.24) is 15.1 Å². The molecule has 0 aliphatic heterocycles. The minimum atomic E-state index is -4.74. The van der Waals surface area contributed by atoms with Crippen molar-refractivity contribution in [2.24, 2.45) is 0 Å². The summed E-state index contributed by atoms with van der Waals surface area (Å²) in [5, 5.41) is 7.96. The number of alkyl halides is 3. The van der Waals surface area contributed by atoms with Crippen molar-refractivity contribution in [3.8, 4) is 11.4 Å². The lowest BCUT2D eigenvalue weighted by atomic mass is 10.2. The van der Waals surface area contributed by atoms with Crippen LogP contribution in [0.25, 0.3) is 16.6 Å². The third kappa shape index (κ3) is 3.85. The van der Waals surface area contributed by atoms with Crippen LogP contribution in [0.5, 0.6) is 5.75 Å². The summed E-state index contributed by atoms with van der Waals surface area (Å²) in [5.74, 6) is -0.631. The number of benzene rings is 2. The van der Waals surface area contributed by atoms with Crippen LogP contribution in [0.2, 0.25) is 0 Å². The number of ether oxygens (including phenoxy) is 1. The lowest BCUT2D eigenvalue weighted by molar-refractivity contribution is -0.274. The van der Waals surface area contributed by atoms with Gasteiger partial charge in [-0.15, -0.1) is 13.2 Å². The van der Waals surface area contributed by atoms with Crippen LogP contribution in [0.3, 0.4) is 0 Å². The zero-order valence-electron chi connectivity index (χ0n) is 13.5. The maximum absolute atomic E-state index is 12.3. The number of aromatic nitrogens is 2. The zero-order valence-corrected chi connectivity index (χ0v) is 13.5. The van der Waals surface area contributed by atoms with E-state index in [4.69, 9.17) is 0 Å². The molecule has 0 fully saturated rings. The summed E-state index contributed by atoms with van der Waals surface area (Å²) in [6.45, 7) is 3.59. The second kappa shape index (κ2) is 6.91. The predicted molar refractivity (Wildman–Crippen MR) is 89.8 cm³/mol. The molecule has 1 aromatic heterocycles. The molecule has 8 heteroatoms. The monoisotopic (exact) mass is 361 g/mol. The van der Waals surface area contributed by atoms with Crippen LogP contribution in [-0.2, 0) is 11.3 Å². The molecule has 0 bridgehead atoms. The number of para-hydroxylation sites is 1. The first-order valence-corrected chi connectivity index (χ1v) is 7.60. The first kappa shape index (κ1) is 17.5. The van der Waals surface area contributed by atoms with Crippen LogP contribution in [0.15, 0.2) is 61.2 Å². The lowest BCUT2D eigenvalue weighted by Gasteiger charge is -2.09. The third-order valence-electron chi connectivity index (χ3n) is 3.59. The molecule has 1 amide bonds. The highest BCUT2D eigenvalue weighted by atomic mass is 19.4. The first-order chi connectivity index (χ1) is 12.4. The maximum atomic E-state index is 12.3. The Morgan fingerprint density at radius 3 is 2.54 bits per heavy atom. The normalized spacial score (nSPS) is 11.3. The Labute approximate surface area is 146 Å². The van der Waals surface area contributed by atoms with Gasteiger partial charge in [0.05, 0.1) is 23.4 Å². The van der Waals surface area contributed by atoms with Crippen LogP contribution in [0, 0.1) is 0 Å². The molecule has 0 spiro atoms. The Balaban J connectivity index is 1.94. The van der Waals surface area contributed by atoms with Gasteiger partial charge in [0.15, 0.2) is 0 Å². The Morgan fingerprint density at radius 2 is 1.88 bits per heavy atom. The van der Waals surface area contributed by atoms with E-state index >= 15 is 0 Å². The SMILES string of the molecule is C=CC(=O)NCc1nn(-c2ccc(OC(F)(F)F)cc2)c2ccccc12. The summed E-state index contributed by atoms with van der Waals surface area (Å²) in [5.41, 5.74) is 1.96. The van der Waals surface area contributed by atoms with Gasteiger partial charge < -0.3 is 10.1 Å². The second-order valence-corrected chi connectivity index (χ2v) is 5.34. The van der Waals surface area contributed by atoms with Gasteiger partial charge in [-0.2, -0.15) is 5.10 Å². The average molecular weight is 361 g/mol. The van der Waals surface area contributed by atoms with E-state index in [1.54, 1.807) is 4.68 Å². The molecule has 26 heavy (non-hydrogen) atoms. The molecule has 5 nitrogen and oxygen atoms in total. The minimum absolute atomic E-state index is 0.202. The second-order valence-electron chi connectivity index (χ2n) is 5.34. The van der Waals surface area contributed by atoms with Crippen molar-refractivity contribution in [1.29, 1.82) is 0 Å². The van der Waals surface area contributed by atoms with Crippen molar-refractivity contribution < 1.29 is 22.7 Å². The topological polar surface area (TPSA) is 56.2 Å². The Bertz CT molecular complexity index is 946. The van der Waals surface area contributed by atoms with E-state index in [9.17, 15) is 18.0 Å². The largest absolute Gasteiger partial charge is 0.573 e. The van der Waals surface area contributed by atoms with Gasteiger partial charge in [0.25, 0.3) is 0 Å². The molecule has 0 atom stereocenters. The quantitative estimate of drug-likeness (QED) is 0.705. The summed E-state index contributed by atoms with van der Waals surface area (Å²) in [7, 11) is 0. The number of amides is 1. The maximum Gasteiger partial charge on any atom is 0.573 e. The smallest absolute Gasteiger partial charge is 0.406 e. The van der Waals surface area contributed by atoms with Gasteiger partial charge in [-0.05, 0) is 36.4 Å². The number of fused-ring (bicyclic) bond motifs is 1. The van der Waals surface area contributed by atoms with E-state index in [-0.39, 0.29) is 18.2 Å². The van der Waals surface area contributed by atoms with Crippen LogP contribution < -0.4 is 10.1 Å². The first-order valence-electron chi connectivity index (χ1n) is 7.60. The summed E-state index contributed by atoms with van der Waals surface area (Å²) in [4.78, 5) is 11.4. The number of halogens is 3. The number of carbonyl (C=O) groups is 1. The molecule has 1 heterocycles. The Kier molecular flexibility index (Phi) is 4.66. The summed E-state index contributed by atoms with van der Waals surface area (Å²) >= 11 is 0. The highest BCUT2D eigenvalue weighted by Gasteiger charge is 2.31. The number of hydrogen-bond donors (Lipinski definition) is 1. The molecule has 0 saturated heterocycles. The van der Waals surface area contributed by atoms with Crippen molar-refractivity contribution in [2.75, 3.05) is 0 Å². The molecule has 3 aromatic rings. The number of nitrogens with one attached hydrogen (secondary N) is 1. The minimum Gasteiger partial charge on any atom is -0.406 e. The van der Waals surface area contributed by atoms with Crippen LogP contribution in [0.4, 0.5) is 13.2 Å². The van der Waals surface area contributed by atoms with Gasteiger partial charge >= 0.3 is 6.36 Å². The van der Waals surface area contributed by atoms with Gasteiger partial charge in [-0.3, -0.25) is 4.79 Å². The van der Waals surface area contributed by atoms with Crippen LogP contribution in [-0.4, -0.2) is 22.1 Å². The molecular weight excluding hydrogens is 347 g/mol. The molecule has 2 aromatic carbocycles. The molecule has 0 saturated carbocycles. The molecule has 0 radical (unpaired) electrons. The highest BCUT2D eigenvalue weighted by molar-refractivity contribution is 5.88. The van der Waals surface area contributed by atoms with Crippen molar-refractivity contribution >= 4 is 16.8 Å². The number of nitrogens with zero attached hydrogens (tertiary/aromatic N) is 2. The Hall–Kier alpha value is -3.29. The van der Waals surface area contributed by atoms with E-state index in [1.807, 2.05) is 24.3 Å². The fraction of sp³-hybridized carbons (Fsp3) is 0.111. The average Bonchev–Trinajstić information content (AvgIpc) is 2.98. The highest BCUT2D eigenvalue weighted by Crippen LogP contribution is 2.26. The van der Waals surface area contributed by atoms with Crippen LogP contribution in [0.1, 0.15) is 5.69 Å². The molecule has 3 rings (SSSR count). The summed E-state index contributed by atoms with van der Waals surface area (Å²) in [6.07, 6.45) is -3.57. The van der Waals surface area contributed by atoms with E-state index in [0.717, 1.165) is 10.9 Å². The van der Waals surface area contributed by atoms with Gasteiger partial charge in [0, 0.05) is 5.39 Å². The van der Waals surface area contributed by atoms with Gasteiger partial charge in [0.1, 0.15) is 5.75 Å². The molecule has 134 valence electrons. The third-order valence-corrected chi connectivity index (χ3v) is 3.59. The number of hydrogen-bond acceptors (Lipinski definition) is 3. The van der Waals surface area contributed by atoms with Gasteiger partial charge in [-0.1, -0.05) is 24.8 Å². The van der Waals surface area contributed by atoms with Gasteiger partial charge in [0.2, 0.25) is 5.91 Å². The molecule has 0 aliphatic rings. The molecule has 1 N–H and O–H groups in total. The van der Waals surface area contributed by atoms with E-state index in [2.05, 4.69) is 21.7 Å². The van der Waals surface area contributed by atoms with E-state index in [0.29, 0.717) is 11.4 Å². The molecular formula is C18H14F3N3O2. The van der Waals surface area contributed by atoms with E-state index in [1.165, 1.54) is 30.3 Å². The number of carbonyl (C=O) groups excluding carboxylic acids is 1. The van der Waals surface area contributed by atoms with Crippen molar-refractivity contribution in [3.05, 3.63) is 66.9 Å². The summed E-state index contributed by atoms with van der Waals surface area (Å²) < 4.78 is 42.3. The number of rotatable bonds is 5. The van der Waals surface area contributed by atoms with Gasteiger partial charge in [-0.25, -0.2) is 4.68 Å². The standard InChI is InChI=1S/C18H14F3N3O2/c1-2-17(25)22-11-15-14-5-3-4-6-16(14)24(23-15)12-7-9-13(10-8-12)26-18(19,20)21/h2-10H,1,11H2,(H,22,25). The van der Waals surface area contributed by atoms with Crippen molar-refractivity contribution in [3.63, 3.8) is 0 Å². The zero-order chi connectivity index (χ0) is 18.7. The fourth-order valence-electron chi connectivity index (χ4n) is 2.49. The van der Waals surface area contributed by atoms with E-state index < -0.39 is 6.36 Å².